The van der Waals surface area contributed by atoms with E-state index < -0.39 is 0 Å². The molecule has 76 valence electrons. The number of anilines is 1. The summed E-state index contributed by atoms with van der Waals surface area (Å²) in [6.45, 7) is 0. The molecule has 1 aromatic carbocycles. The Morgan fingerprint density at radius 2 is 2.29 bits per heavy atom. The standard InChI is InChI=1S/C9H9BrClNO2/c1-14-5-2-6(8(13)4-11)9(12)7(10)3-5/h2-3H,4,12H2,1H3. The Labute approximate surface area is 95.3 Å². The number of halogens is 2. The van der Waals surface area contributed by atoms with Crippen LogP contribution in [0.25, 0.3) is 0 Å². The second-order valence-electron chi connectivity index (χ2n) is 2.63. The molecule has 3 nitrogen and oxygen atoms in total. The van der Waals surface area contributed by atoms with E-state index in [1.165, 1.54) is 7.11 Å². The van der Waals surface area contributed by atoms with Crippen LogP contribution in [-0.2, 0) is 0 Å². The van der Waals surface area contributed by atoms with Crippen LogP contribution in [0.5, 0.6) is 5.75 Å². The fourth-order valence-electron chi connectivity index (χ4n) is 1.01. The molecule has 2 N–H and O–H groups in total. The van der Waals surface area contributed by atoms with E-state index in [-0.39, 0.29) is 11.7 Å². The molecular formula is C9H9BrClNO2. The molecule has 0 radical (unpaired) electrons. The maximum absolute atomic E-state index is 11.4. The zero-order chi connectivity index (χ0) is 10.7. The average molecular weight is 279 g/mol. The van der Waals surface area contributed by atoms with Gasteiger partial charge in [-0.25, -0.2) is 0 Å². The van der Waals surface area contributed by atoms with Crippen LogP contribution >= 0.6 is 27.5 Å². The minimum atomic E-state index is -0.219. The zero-order valence-electron chi connectivity index (χ0n) is 7.51. The van der Waals surface area contributed by atoms with Crippen molar-refractivity contribution in [2.75, 3.05) is 18.7 Å². The molecule has 5 heteroatoms. The predicted octanol–water partition coefficient (Wildman–Crippen LogP) is 2.46. The number of ketones is 1. The van der Waals surface area contributed by atoms with Crippen molar-refractivity contribution in [1.82, 2.24) is 0 Å². The molecule has 0 spiro atoms. The number of ether oxygens (including phenoxy) is 1. The van der Waals surface area contributed by atoms with Crippen molar-refractivity contribution in [1.29, 1.82) is 0 Å². The maximum Gasteiger partial charge on any atom is 0.179 e. The third-order valence-corrected chi connectivity index (χ3v) is 2.66. The largest absolute Gasteiger partial charge is 0.497 e. The minimum absolute atomic E-state index is 0.0934. The molecule has 0 aliphatic heterocycles. The number of rotatable bonds is 3. The number of hydrogen-bond donors (Lipinski definition) is 1. The summed E-state index contributed by atoms with van der Waals surface area (Å²) < 4.78 is 5.63. The summed E-state index contributed by atoms with van der Waals surface area (Å²) in [5.74, 6) is 0.257. The number of benzene rings is 1. The van der Waals surface area contributed by atoms with Gasteiger partial charge in [0.15, 0.2) is 5.78 Å². The lowest BCUT2D eigenvalue weighted by Crippen LogP contribution is -2.06. The van der Waals surface area contributed by atoms with Crippen LogP contribution in [0.3, 0.4) is 0 Å². The quantitative estimate of drug-likeness (QED) is 0.525. The average Bonchev–Trinajstić information content (AvgIpc) is 2.20. The van der Waals surface area contributed by atoms with E-state index in [1.807, 2.05) is 0 Å². The number of nitrogen functional groups attached to an aromatic ring is 1. The molecule has 14 heavy (non-hydrogen) atoms. The first-order valence-electron chi connectivity index (χ1n) is 3.82. The molecule has 0 saturated heterocycles. The van der Waals surface area contributed by atoms with Gasteiger partial charge in [0.1, 0.15) is 5.75 Å². The van der Waals surface area contributed by atoms with Gasteiger partial charge in [-0.2, -0.15) is 0 Å². The third-order valence-electron chi connectivity index (χ3n) is 1.76. The Bertz CT molecular complexity index is 368. The molecule has 0 saturated carbocycles. The van der Waals surface area contributed by atoms with Crippen molar-refractivity contribution in [2.45, 2.75) is 0 Å². The van der Waals surface area contributed by atoms with E-state index in [9.17, 15) is 4.79 Å². The molecule has 0 aromatic heterocycles. The van der Waals surface area contributed by atoms with Gasteiger partial charge in [-0.3, -0.25) is 4.79 Å². The summed E-state index contributed by atoms with van der Waals surface area (Å²) in [7, 11) is 1.52. The normalized spacial score (nSPS) is 9.93. The van der Waals surface area contributed by atoms with E-state index in [4.69, 9.17) is 22.1 Å². The van der Waals surface area contributed by atoms with Crippen LogP contribution < -0.4 is 10.5 Å². The first-order valence-corrected chi connectivity index (χ1v) is 5.15. The van der Waals surface area contributed by atoms with Gasteiger partial charge < -0.3 is 10.5 Å². The lowest BCUT2D eigenvalue weighted by Gasteiger charge is -2.08. The first-order chi connectivity index (χ1) is 6.60. The zero-order valence-corrected chi connectivity index (χ0v) is 9.85. The number of Topliss-reactive ketones (excluding diaryl/α,β-unsaturated/α-hetero) is 1. The Hall–Kier alpha value is -0.740. The van der Waals surface area contributed by atoms with Gasteiger partial charge in [0.25, 0.3) is 0 Å². The summed E-state index contributed by atoms with van der Waals surface area (Å²) >= 11 is 8.68. The molecule has 1 aromatic rings. The van der Waals surface area contributed by atoms with Crippen LogP contribution in [0.15, 0.2) is 16.6 Å². The van der Waals surface area contributed by atoms with Crippen LogP contribution in [-0.4, -0.2) is 18.8 Å². The molecule has 0 bridgehead atoms. The van der Waals surface area contributed by atoms with Crippen molar-refractivity contribution in [3.8, 4) is 5.75 Å². The molecular weight excluding hydrogens is 269 g/mol. The highest BCUT2D eigenvalue weighted by molar-refractivity contribution is 9.10. The molecule has 0 unspecified atom stereocenters. The van der Waals surface area contributed by atoms with Crippen LogP contribution in [0.4, 0.5) is 5.69 Å². The lowest BCUT2D eigenvalue weighted by atomic mass is 10.1. The molecule has 0 aliphatic rings. The van der Waals surface area contributed by atoms with E-state index in [2.05, 4.69) is 15.9 Å². The SMILES string of the molecule is COc1cc(Br)c(N)c(C(=O)CCl)c1. The van der Waals surface area contributed by atoms with Crippen molar-refractivity contribution in [3.05, 3.63) is 22.2 Å². The fourth-order valence-corrected chi connectivity index (χ4v) is 1.60. The summed E-state index contributed by atoms with van der Waals surface area (Å²) in [6, 6.07) is 3.27. The van der Waals surface area contributed by atoms with Crippen molar-refractivity contribution < 1.29 is 9.53 Å². The Kier molecular flexibility index (Phi) is 3.77. The van der Waals surface area contributed by atoms with E-state index in [0.717, 1.165) is 0 Å². The van der Waals surface area contributed by atoms with Crippen molar-refractivity contribution in [2.24, 2.45) is 0 Å². The van der Waals surface area contributed by atoms with Gasteiger partial charge in [0.2, 0.25) is 0 Å². The first kappa shape index (κ1) is 11.3. The fraction of sp³-hybridized carbons (Fsp3) is 0.222. The molecule has 0 amide bonds. The van der Waals surface area contributed by atoms with Crippen LogP contribution in [0, 0.1) is 0 Å². The van der Waals surface area contributed by atoms with Gasteiger partial charge in [-0.15, -0.1) is 11.6 Å². The smallest absolute Gasteiger partial charge is 0.179 e. The summed E-state index contributed by atoms with van der Waals surface area (Å²) in [6.07, 6.45) is 0. The lowest BCUT2D eigenvalue weighted by molar-refractivity contribution is 0.102. The third kappa shape index (κ3) is 2.19. The number of hydrogen-bond acceptors (Lipinski definition) is 3. The molecule has 0 heterocycles. The number of alkyl halides is 1. The highest BCUT2D eigenvalue weighted by atomic mass is 79.9. The maximum atomic E-state index is 11.4. The minimum Gasteiger partial charge on any atom is -0.497 e. The van der Waals surface area contributed by atoms with Crippen LogP contribution in [0.1, 0.15) is 10.4 Å². The number of carbonyl (C=O) groups excluding carboxylic acids is 1. The number of carbonyl (C=O) groups is 1. The Morgan fingerprint density at radius 1 is 1.64 bits per heavy atom. The summed E-state index contributed by atoms with van der Waals surface area (Å²) in [5.41, 5.74) is 6.47. The topological polar surface area (TPSA) is 52.3 Å². The summed E-state index contributed by atoms with van der Waals surface area (Å²) in [4.78, 5) is 11.4. The molecule has 0 fully saturated rings. The Morgan fingerprint density at radius 3 is 2.79 bits per heavy atom. The van der Waals surface area contributed by atoms with Crippen molar-refractivity contribution >= 4 is 39.0 Å². The van der Waals surface area contributed by atoms with E-state index in [1.54, 1.807) is 12.1 Å². The van der Waals surface area contributed by atoms with Gasteiger partial charge >= 0.3 is 0 Å². The van der Waals surface area contributed by atoms with Crippen molar-refractivity contribution in [3.63, 3.8) is 0 Å². The second-order valence-corrected chi connectivity index (χ2v) is 3.75. The second kappa shape index (κ2) is 4.66. The molecule has 0 aliphatic carbocycles. The van der Waals surface area contributed by atoms with E-state index in [0.29, 0.717) is 21.5 Å². The van der Waals surface area contributed by atoms with Gasteiger partial charge in [0.05, 0.1) is 18.7 Å². The van der Waals surface area contributed by atoms with Gasteiger partial charge in [-0.1, -0.05) is 0 Å². The van der Waals surface area contributed by atoms with E-state index >= 15 is 0 Å². The van der Waals surface area contributed by atoms with Gasteiger partial charge in [-0.05, 0) is 28.1 Å². The molecule has 0 atom stereocenters. The number of nitrogens with two attached hydrogens (primary N) is 1. The Balaban J connectivity index is 3.27. The highest BCUT2D eigenvalue weighted by Crippen LogP contribution is 2.29. The van der Waals surface area contributed by atoms with Gasteiger partial charge in [0, 0.05) is 10.0 Å². The summed E-state index contributed by atoms with van der Waals surface area (Å²) in [5, 5.41) is 0. The monoisotopic (exact) mass is 277 g/mol. The number of methoxy groups -OCH3 is 1. The molecule has 1 rings (SSSR count). The van der Waals surface area contributed by atoms with Crippen LogP contribution in [0.2, 0.25) is 0 Å². The predicted molar refractivity (Wildman–Crippen MR) is 60.2 cm³/mol. The highest BCUT2D eigenvalue weighted by Gasteiger charge is 2.12.